The first-order chi connectivity index (χ1) is 9.60. The predicted molar refractivity (Wildman–Crippen MR) is 85.3 cm³/mol. The number of nitrogens with one attached hydrogen (secondary N) is 1. The minimum Gasteiger partial charge on any atom is -0.308 e. The normalized spacial score (nSPS) is 11.5. The Hall–Kier alpha value is -1.65. The number of hydrogen-bond acceptors (Lipinski definition) is 4. The van der Waals surface area contributed by atoms with Crippen molar-refractivity contribution in [2.75, 3.05) is 19.0 Å². The molecule has 1 heterocycles. The van der Waals surface area contributed by atoms with Gasteiger partial charge in [-0.3, -0.25) is 0 Å². The summed E-state index contributed by atoms with van der Waals surface area (Å²) in [5.74, 6) is 7.09. The van der Waals surface area contributed by atoms with E-state index in [4.69, 9.17) is 5.84 Å². The van der Waals surface area contributed by atoms with Gasteiger partial charge in [-0.1, -0.05) is 32.0 Å². The summed E-state index contributed by atoms with van der Waals surface area (Å²) in [4.78, 5) is 6.89. The lowest BCUT2D eigenvalue weighted by Crippen LogP contribution is -2.22. The van der Waals surface area contributed by atoms with Gasteiger partial charge in [0.05, 0.1) is 5.52 Å². The fourth-order valence-electron chi connectivity index (χ4n) is 2.25. The molecule has 2 rings (SSSR count). The van der Waals surface area contributed by atoms with Gasteiger partial charge in [-0.2, -0.15) is 0 Å². The van der Waals surface area contributed by atoms with Crippen molar-refractivity contribution < 1.29 is 0 Å². The standard InChI is InChI=1S/C16H24N4/c1-12(2)8-9-20(3)11-14-10-13-6-4-5-7-15(13)18-16(14)19-17/h4-7,10,12H,8-9,11,17H2,1-3H3,(H,18,19). The first-order valence-electron chi connectivity index (χ1n) is 7.14. The molecule has 0 unspecified atom stereocenters. The average molecular weight is 272 g/mol. The van der Waals surface area contributed by atoms with E-state index in [1.807, 2.05) is 18.2 Å². The molecule has 0 bridgehead atoms. The van der Waals surface area contributed by atoms with E-state index in [2.05, 4.69) is 48.3 Å². The Bertz CT molecular complexity index is 565. The van der Waals surface area contributed by atoms with Crippen molar-refractivity contribution in [3.63, 3.8) is 0 Å². The van der Waals surface area contributed by atoms with E-state index in [0.717, 1.165) is 41.3 Å². The Morgan fingerprint density at radius 3 is 2.75 bits per heavy atom. The monoisotopic (exact) mass is 272 g/mol. The average Bonchev–Trinajstić information content (AvgIpc) is 2.44. The number of hydrazine groups is 1. The lowest BCUT2D eigenvalue weighted by atomic mass is 10.1. The fourth-order valence-corrected chi connectivity index (χ4v) is 2.25. The van der Waals surface area contributed by atoms with E-state index >= 15 is 0 Å². The number of nitrogens with two attached hydrogens (primary N) is 1. The summed E-state index contributed by atoms with van der Waals surface area (Å²) in [6.07, 6.45) is 1.20. The topological polar surface area (TPSA) is 54.2 Å². The third-order valence-corrected chi connectivity index (χ3v) is 3.47. The number of aromatic nitrogens is 1. The molecule has 1 aromatic carbocycles. The Morgan fingerprint density at radius 2 is 2.05 bits per heavy atom. The number of hydrogen-bond donors (Lipinski definition) is 2. The largest absolute Gasteiger partial charge is 0.308 e. The lowest BCUT2D eigenvalue weighted by Gasteiger charge is -2.19. The van der Waals surface area contributed by atoms with Crippen LogP contribution in [0.2, 0.25) is 0 Å². The van der Waals surface area contributed by atoms with E-state index in [-0.39, 0.29) is 0 Å². The highest BCUT2D eigenvalue weighted by Gasteiger charge is 2.09. The van der Waals surface area contributed by atoms with Crippen LogP contribution in [0, 0.1) is 5.92 Å². The molecule has 0 amide bonds. The summed E-state index contributed by atoms with van der Waals surface area (Å²) in [7, 11) is 2.14. The van der Waals surface area contributed by atoms with E-state index < -0.39 is 0 Å². The van der Waals surface area contributed by atoms with E-state index in [1.165, 1.54) is 6.42 Å². The summed E-state index contributed by atoms with van der Waals surface area (Å²) in [6.45, 7) is 6.43. The third-order valence-electron chi connectivity index (χ3n) is 3.47. The molecule has 0 spiro atoms. The molecule has 0 aliphatic rings. The number of anilines is 1. The summed E-state index contributed by atoms with van der Waals surface area (Å²) in [5, 5.41) is 1.15. The second kappa shape index (κ2) is 6.68. The molecule has 4 heteroatoms. The van der Waals surface area contributed by atoms with E-state index in [9.17, 15) is 0 Å². The van der Waals surface area contributed by atoms with Crippen molar-refractivity contribution in [3.8, 4) is 0 Å². The first kappa shape index (κ1) is 14.8. The molecular weight excluding hydrogens is 248 g/mol. The van der Waals surface area contributed by atoms with Gasteiger partial charge in [0.1, 0.15) is 5.82 Å². The first-order valence-corrected chi connectivity index (χ1v) is 7.14. The zero-order valence-corrected chi connectivity index (χ0v) is 12.6. The van der Waals surface area contributed by atoms with E-state index in [1.54, 1.807) is 0 Å². The molecule has 1 aromatic heterocycles. The molecule has 0 saturated heterocycles. The van der Waals surface area contributed by atoms with Crippen LogP contribution in [0.4, 0.5) is 5.82 Å². The number of pyridine rings is 1. The quantitative estimate of drug-likeness (QED) is 0.627. The third kappa shape index (κ3) is 3.68. The molecule has 0 saturated carbocycles. The van der Waals surface area contributed by atoms with Crippen LogP contribution in [0.5, 0.6) is 0 Å². The minimum absolute atomic E-state index is 0.722. The van der Waals surface area contributed by atoms with Gasteiger partial charge in [-0.25, -0.2) is 10.8 Å². The molecule has 0 atom stereocenters. The molecule has 3 N–H and O–H groups in total. The molecule has 0 fully saturated rings. The maximum atomic E-state index is 5.61. The van der Waals surface area contributed by atoms with Crippen LogP contribution in [0.3, 0.4) is 0 Å². The highest BCUT2D eigenvalue weighted by atomic mass is 15.3. The number of nitrogens with zero attached hydrogens (tertiary/aromatic N) is 2. The Balaban J connectivity index is 2.19. The number of para-hydroxylation sites is 1. The zero-order valence-electron chi connectivity index (χ0n) is 12.6. The van der Waals surface area contributed by atoms with Gasteiger partial charge < -0.3 is 10.3 Å². The van der Waals surface area contributed by atoms with Crippen LogP contribution in [-0.2, 0) is 6.54 Å². The van der Waals surface area contributed by atoms with Crippen molar-refractivity contribution in [2.24, 2.45) is 11.8 Å². The van der Waals surface area contributed by atoms with Crippen LogP contribution in [-0.4, -0.2) is 23.5 Å². The van der Waals surface area contributed by atoms with Crippen LogP contribution >= 0.6 is 0 Å². The van der Waals surface area contributed by atoms with Gasteiger partial charge in [-0.05, 0) is 38.1 Å². The van der Waals surface area contributed by atoms with Gasteiger partial charge >= 0.3 is 0 Å². The highest BCUT2D eigenvalue weighted by molar-refractivity contribution is 5.81. The summed E-state index contributed by atoms with van der Waals surface area (Å²) >= 11 is 0. The molecule has 20 heavy (non-hydrogen) atoms. The number of nitrogen functional groups attached to an aromatic ring is 1. The molecule has 2 aromatic rings. The molecule has 0 aliphatic heterocycles. The highest BCUT2D eigenvalue weighted by Crippen LogP contribution is 2.21. The van der Waals surface area contributed by atoms with Crippen molar-refractivity contribution in [1.29, 1.82) is 0 Å². The maximum Gasteiger partial charge on any atom is 0.145 e. The number of fused-ring (bicyclic) bond motifs is 1. The minimum atomic E-state index is 0.722. The smallest absolute Gasteiger partial charge is 0.145 e. The molecule has 0 radical (unpaired) electrons. The summed E-state index contributed by atoms with van der Waals surface area (Å²) in [5.41, 5.74) is 4.82. The molecule has 0 aliphatic carbocycles. The number of rotatable bonds is 6. The van der Waals surface area contributed by atoms with Gasteiger partial charge in [-0.15, -0.1) is 0 Å². The maximum absolute atomic E-state index is 5.61. The van der Waals surface area contributed by atoms with Crippen molar-refractivity contribution in [1.82, 2.24) is 9.88 Å². The van der Waals surface area contributed by atoms with Gasteiger partial charge in [0.15, 0.2) is 0 Å². The van der Waals surface area contributed by atoms with Gasteiger partial charge in [0, 0.05) is 17.5 Å². The van der Waals surface area contributed by atoms with Gasteiger partial charge in [0.25, 0.3) is 0 Å². The Morgan fingerprint density at radius 1 is 1.30 bits per heavy atom. The fraction of sp³-hybridized carbons (Fsp3) is 0.438. The summed E-state index contributed by atoms with van der Waals surface area (Å²) in [6, 6.07) is 10.3. The SMILES string of the molecule is CC(C)CCN(C)Cc1cc2ccccc2nc1NN. The zero-order chi connectivity index (χ0) is 14.5. The van der Waals surface area contributed by atoms with Crippen molar-refractivity contribution >= 4 is 16.7 Å². The second-order valence-corrected chi connectivity index (χ2v) is 5.75. The molecule has 4 nitrogen and oxygen atoms in total. The van der Waals surface area contributed by atoms with Crippen LogP contribution in [0.1, 0.15) is 25.8 Å². The van der Waals surface area contributed by atoms with Crippen LogP contribution in [0.25, 0.3) is 10.9 Å². The Kier molecular flexibility index (Phi) is 4.93. The Labute approximate surface area is 121 Å². The van der Waals surface area contributed by atoms with Gasteiger partial charge in [0.2, 0.25) is 0 Å². The second-order valence-electron chi connectivity index (χ2n) is 5.75. The predicted octanol–water partition coefficient (Wildman–Crippen LogP) is 3.00. The lowest BCUT2D eigenvalue weighted by molar-refractivity contribution is 0.304. The number of benzene rings is 1. The van der Waals surface area contributed by atoms with Crippen molar-refractivity contribution in [2.45, 2.75) is 26.8 Å². The van der Waals surface area contributed by atoms with E-state index in [0.29, 0.717) is 0 Å². The molecular formula is C16H24N4. The summed E-state index contributed by atoms with van der Waals surface area (Å²) < 4.78 is 0. The van der Waals surface area contributed by atoms with Crippen LogP contribution in [0.15, 0.2) is 30.3 Å². The molecule has 108 valence electrons. The van der Waals surface area contributed by atoms with Crippen molar-refractivity contribution in [3.05, 3.63) is 35.9 Å². The van der Waals surface area contributed by atoms with Crippen LogP contribution < -0.4 is 11.3 Å².